The molecule has 0 aromatic heterocycles. The lowest BCUT2D eigenvalue weighted by molar-refractivity contribution is -0.136. The quantitative estimate of drug-likeness (QED) is 0.853. The number of nitrogens with one attached hydrogen (secondary N) is 1. The standard InChI is InChI=1S/C19H29N3O3/c1-14(2)16-7-5-6-15(3)19(16)20-17(23)12-21(4)13-18(24)22-8-10-25-11-9-22/h5-7,14H,8-13H2,1-4H3,(H,20,23). The molecule has 2 amide bonds. The molecule has 1 fully saturated rings. The Labute approximate surface area is 150 Å². The van der Waals surface area contributed by atoms with Gasteiger partial charge in [0.05, 0.1) is 26.3 Å². The van der Waals surface area contributed by atoms with Crippen molar-refractivity contribution in [3.63, 3.8) is 0 Å². The molecule has 6 nitrogen and oxygen atoms in total. The Morgan fingerprint density at radius 3 is 2.56 bits per heavy atom. The molecule has 0 radical (unpaired) electrons. The summed E-state index contributed by atoms with van der Waals surface area (Å²) < 4.78 is 5.26. The molecule has 1 aromatic rings. The van der Waals surface area contributed by atoms with Crippen molar-refractivity contribution in [2.45, 2.75) is 26.7 Å². The number of carbonyl (C=O) groups excluding carboxylic acids is 2. The van der Waals surface area contributed by atoms with Crippen molar-refractivity contribution in [2.24, 2.45) is 0 Å². The van der Waals surface area contributed by atoms with Gasteiger partial charge in [-0.1, -0.05) is 32.0 Å². The van der Waals surface area contributed by atoms with Gasteiger partial charge in [-0.05, 0) is 31.0 Å². The first kappa shape index (κ1) is 19.4. The molecule has 1 aliphatic heterocycles. The second-order valence-electron chi connectivity index (χ2n) is 6.91. The molecule has 138 valence electrons. The average Bonchev–Trinajstić information content (AvgIpc) is 2.57. The topological polar surface area (TPSA) is 61.9 Å². The number of nitrogens with zero attached hydrogens (tertiary/aromatic N) is 2. The van der Waals surface area contributed by atoms with Crippen LogP contribution in [0.3, 0.4) is 0 Å². The first-order valence-electron chi connectivity index (χ1n) is 8.82. The number of anilines is 1. The third-order valence-electron chi connectivity index (χ3n) is 4.37. The minimum Gasteiger partial charge on any atom is -0.378 e. The van der Waals surface area contributed by atoms with Crippen molar-refractivity contribution in [3.05, 3.63) is 29.3 Å². The van der Waals surface area contributed by atoms with E-state index in [1.54, 1.807) is 16.8 Å². The Kier molecular flexibility index (Phi) is 6.96. The number of para-hydroxylation sites is 1. The smallest absolute Gasteiger partial charge is 0.238 e. The monoisotopic (exact) mass is 347 g/mol. The molecule has 1 heterocycles. The molecule has 0 aliphatic carbocycles. The van der Waals surface area contributed by atoms with Crippen molar-refractivity contribution in [3.8, 4) is 0 Å². The van der Waals surface area contributed by atoms with Crippen molar-refractivity contribution in [1.29, 1.82) is 0 Å². The van der Waals surface area contributed by atoms with E-state index in [1.807, 2.05) is 25.1 Å². The number of likely N-dealkylation sites (N-methyl/N-ethyl adjacent to an activating group) is 1. The van der Waals surface area contributed by atoms with Gasteiger partial charge >= 0.3 is 0 Å². The van der Waals surface area contributed by atoms with Crippen LogP contribution in [0.1, 0.15) is 30.9 Å². The number of benzene rings is 1. The molecule has 0 atom stereocenters. The minimum atomic E-state index is -0.103. The molecule has 0 spiro atoms. The average molecular weight is 347 g/mol. The second-order valence-corrected chi connectivity index (χ2v) is 6.91. The lowest BCUT2D eigenvalue weighted by Gasteiger charge is -2.28. The maximum Gasteiger partial charge on any atom is 0.238 e. The highest BCUT2D eigenvalue weighted by Gasteiger charge is 2.19. The van der Waals surface area contributed by atoms with Crippen molar-refractivity contribution in [1.82, 2.24) is 9.80 Å². The highest BCUT2D eigenvalue weighted by molar-refractivity contribution is 5.94. The number of ether oxygens (including phenoxy) is 1. The van der Waals surface area contributed by atoms with Gasteiger partial charge in [-0.25, -0.2) is 0 Å². The van der Waals surface area contributed by atoms with Crippen LogP contribution in [0.15, 0.2) is 18.2 Å². The van der Waals surface area contributed by atoms with Gasteiger partial charge < -0.3 is 15.0 Å². The van der Waals surface area contributed by atoms with E-state index >= 15 is 0 Å². The predicted molar refractivity (Wildman–Crippen MR) is 98.8 cm³/mol. The first-order valence-corrected chi connectivity index (χ1v) is 8.82. The third-order valence-corrected chi connectivity index (χ3v) is 4.37. The molecular formula is C19H29N3O3. The molecule has 0 saturated carbocycles. The van der Waals surface area contributed by atoms with E-state index in [0.29, 0.717) is 32.2 Å². The fourth-order valence-corrected chi connectivity index (χ4v) is 2.97. The Balaban J connectivity index is 1.90. The van der Waals surface area contributed by atoms with Crippen LogP contribution in [0.25, 0.3) is 0 Å². The largest absolute Gasteiger partial charge is 0.378 e. The summed E-state index contributed by atoms with van der Waals surface area (Å²) in [6.45, 7) is 9.05. The summed E-state index contributed by atoms with van der Waals surface area (Å²) in [5.74, 6) is 0.265. The zero-order chi connectivity index (χ0) is 18.4. The Hall–Kier alpha value is -1.92. The normalized spacial score (nSPS) is 14.9. The van der Waals surface area contributed by atoms with E-state index < -0.39 is 0 Å². The summed E-state index contributed by atoms with van der Waals surface area (Å²) in [4.78, 5) is 28.2. The highest BCUT2D eigenvalue weighted by atomic mass is 16.5. The molecule has 0 unspecified atom stereocenters. The molecule has 1 N–H and O–H groups in total. The van der Waals surface area contributed by atoms with Crippen molar-refractivity contribution >= 4 is 17.5 Å². The molecule has 1 aromatic carbocycles. The molecular weight excluding hydrogens is 318 g/mol. The third kappa shape index (κ3) is 5.54. The summed E-state index contributed by atoms with van der Waals surface area (Å²) in [6, 6.07) is 6.04. The van der Waals surface area contributed by atoms with Crippen LogP contribution in [0, 0.1) is 6.92 Å². The number of carbonyl (C=O) groups is 2. The first-order chi connectivity index (χ1) is 11.9. The number of aryl methyl sites for hydroxylation is 1. The van der Waals surface area contributed by atoms with E-state index in [-0.39, 0.29) is 24.9 Å². The van der Waals surface area contributed by atoms with Crippen molar-refractivity contribution in [2.75, 3.05) is 51.8 Å². The number of morpholine rings is 1. The van der Waals surface area contributed by atoms with Crippen LogP contribution < -0.4 is 5.32 Å². The summed E-state index contributed by atoms with van der Waals surface area (Å²) in [7, 11) is 1.79. The van der Waals surface area contributed by atoms with Crippen molar-refractivity contribution < 1.29 is 14.3 Å². The number of rotatable bonds is 6. The number of hydrogen-bond donors (Lipinski definition) is 1. The van der Waals surface area contributed by atoms with Gasteiger partial charge in [0, 0.05) is 18.8 Å². The maximum atomic E-state index is 12.4. The fourth-order valence-electron chi connectivity index (χ4n) is 2.97. The van der Waals surface area contributed by atoms with Crippen LogP contribution in [0.5, 0.6) is 0 Å². The second kappa shape index (κ2) is 8.97. The van der Waals surface area contributed by atoms with Crippen LogP contribution in [-0.4, -0.2) is 68.1 Å². The lowest BCUT2D eigenvalue weighted by atomic mass is 9.98. The Bertz CT molecular complexity index is 610. The van der Waals surface area contributed by atoms with Crippen LogP contribution in [-0.2, 0) is 14.3 Å². The van der Waals surface area contributed by atoms with E-state index in [2.05, 4.69) is 19.2 Å². The maximum absolute atomic E-state index is 12.4. The van der Waals surface area contributed by atoms with Crippen LogP contribution in [0.2, 0.25) is 0 Å². The van der Waals surface area contributed by atoms with Gasteiger partial charge in [0.1, 0.15) is 0 Å². The van der Waals surface area contributed by atoms with Gasteiger partial charge in [-0.3, -0.25) is 14.5 Å². The molecule has 0 bridgehead atoms. The van der Waals surface area contributed by atoms with Gasteiger partial charge in [0.2, 0.25) is 11.8 Å². The van der Waals surface area contributed by atoms with E-state index in [4.69, 9.17) is 4.74 Å². The Morgan fingerprint density at radius 2 is 1.92 bits per heavy atom. The SMILES string of the molecule is Cc1cccc(C(C)C)c1NC(=O)CN(C)CC(=O)N1CCOCC1. The lowest BCUT2D eigenvalue weighted by Crippen LogP contribution is -2.46. The summed E-state index contributed by atoms with van der Waals surface area (Å²) >= 11 is 0. The number of hydrogen-bond acceptors (Lipinski definition) is 4. The summed E-state index contributed by atoms with van der Waals surface area (Å²) in [5, 5.41) is 3.02. The molecule has 2 rings (SSSR count). The number of amides is 2. The molecule has 25 heavy (non-hydrogen) atoms. The fraction of sp³-hybridized carbons (Fsp3) is 0.579. The molecule has 1 saturated heterocycles. The summed E-state index contributed by atoms with van der Waals surface area (Å²) in [5.41, 5.74) is 3.06. The highest BCUT2D eigenvalue weighted by Crippen LogP contribution is 2.27. The van der Waals surface area contributed by atoms with Gasteiger partial charge in [0.15, 0.2) is 0 Å². The Morgan fingerprint density at radius 1 is 1.24 bits per heavy atom. The zero-order valence-corrected chi connectivity index (χ0v) is 15.7. The van der Waals surface area contributed by atoms with Crippen LogP contribution >= 0.6 is 0 Å². The van der Waals surface area contributed by atoms with Gasteiger partial charge in [-0.2, -0.15) is 0 Å². The summed E-state index contributed by atoms with van der Waals surface area (Å²) in [6.07, 6.45) is 0. The van der Waals surface area contributed by atoms with Gasteiger partial charge in [0.25, 0.3) is 0 Å². The predicted octanol–water partition coefficient (Wildman–Crippen LogP) is 1.85. The van der Waals surface area contributed by atoms with Crippen LogP contribution in [0.4, 0.5) is 5.69 Å². The molecule has 1 aliphatic rings. The van der Waals surface area contributed by atoms with E-state index in [9.17, 15) is 9.59 Å². The van der Waals surface area contributed by atoms with E-state index in [1.165, 1.54) is 0 Å². The van der Waals surface area contributed by atoms with E-state index in [0.717, 1.165) is 16.8 Å². The molecule has 6 heteroatoms. The van der Waals surface area contributed by atoms with Gasteiger partial charge in [-0.15, -0.1) is 0 Å². The zero-order valence-electron chi connectivity index (χ0n) is 15.7. The minimum absolute atomic E-state index is 0.0392.